The number of piperidine rings is 1. The first kappa shape index (κ1) is 12.5. The number of Topliss-reactive ketones (excluding diaryl/α,β-unsaturated/α-hetero) is 1. The molecule has 2 fully saturated rings. The molecule has 5 nitrogen and oxygen atoms in total. The molecule has 96 valence electrons. The summed E-state index contributed by atoms with van der Waals surface area (Å²) in [6, 6.07) is -0.310. The molecule has 0 aliphatic carbocycles. The molecular formula is C12H20N2O3. The molecule has 2 saturated heterocycles. The molecule has 2 aliphatic rings. The monoisotopic (exact) mass is 240 g/mol. The minimum atomic E-state index is -0.664. The van der Waals surface area contributed by atoms with Crippen molar-refractivity contribution in [2.24, 2.45) is 5.92 Å². The summed E-state index contributed by atoms with van der Waals surface area (Å²) >= 11 is 0. The van der Waals surface area contributed by atoms with Crippen molar-refractivity contribution in [3.8, 4) is 0 Å². The number of rotatable bonds is 4. The van der Waals surface area contributed by atoms with Gasteiger partial charge in [0.25, 0.3) is 5.78 Å². The summed E-state index contributed by atoms with van der Waals surface area (Å²) in [6.45, 7) is 3.15. The van der Waals surface area contributed by atoms with Crippen LogP contribution in [0.5, 0.6) is 0 Å². The molecule has 5 heteroatoms. The third-order valence-corrected chi connectivity index (χ3v) is 3.49. The van der Waals surface area contributed by atoms with E-state index in [0.717, 1.165) is 45.3 Å². The molecule has 2 N–H and O–H groups in total. The summed E-state index contributed by atoms with van der Waals surface area (Å²) in [4.78, 5) is 23.2. The molecule has 17 heavy (non-hydrogen) atoms. The van der Waals surface area contributed by atoms with E-state index in [9.17, 15) is 9.59 Å². The maximum atomic E-state index is 11.7. The second-order valence-corrected chi connectivity index (χ2v) is 4.81. The van der Waals surface area contributed by atoms with Crippen LogP contribution in [-0.2, 0) is 14.3 Å². The smallest absolute Gasteiger partial charge is 0.376 e. The fourth-order valence-corrected chi connectivity index (χ4v) is 2.36. The molecule has 1 atom stereocenters. The summed E-state index contributed by atoms with van der Waals surface area (Å²) in [5.74, 6) is -0.663. The Kier molecular flexibility index (Phi) is 4.50. The molecular weight excluding hydrogens is 220 g/mol. The Bertz CT molecular complexity index is 281. The average Bonchev–Trinajstić information content (AvgIpc) is 2.90. The lowest BCUT2D eigenvalue weighted by Gasteiger charge is -2.22. The fraction of sp³-hybridized carbons (Fsp3) is 0.833. The summed E-state index contributed by atoms with van der Waals surface area (Å²) in [5, 5.41) is 6.27. The maximum Gasteiger partial charge on any atom is 0.376 e. The van der Waals surface area contributed by atoms with Gasteiger partial charge in [-0.05, 0) is 51.2 Å². The van der Waals surface area contributed by atoms with Crippen molar-refractivity contribution in [2.75, 3.05) is 26.2 Å². The first-order valence-corrected chi connectivity index (χ1v) is 6.42. The molecule has 0 aromatic rings. The SMILES string of the molecule is O=C(OCC1CCNCC1)C(=O)C1CCCN1. The molecule has 0 bridgehead atoms. The minimum Gasteiger partial charge on any atom is -0.460 e. The van der Waals surface area contributed by atoms with Crippen molar-refractivity contribution < 1.29 is 14.3 Å². The van der Waals surface area contributed by atoms with E-state index in [2.05, 4.69) is 10.6 Å². The van der Waals surface area contributed by atoms with Crippen LogP contribution in [-0.4, -0.2) is 44.0 Å². The van der Waals surface area contributed by atoms with Crippen molar-refractivity contribution in [1.29, 1.82) is 0 Å². The highest BCUT2D eigenvalue weighted by molar-refractivity contribution is 6.35. The lowest BCUT2D eigenvalue weighted by molar-refractivity contribution is -0.155. The van der Waals surface area contributed by atoms with Gasteiger partial charge in [0.05, 0.1) is 12.6 Å². The Morgan fingerprint density at radius 2 is 1.88 bits per heavy atom. The second-order valence-electron chi connectivity index (χ2n) is 4.81. The first-order chi connectivity index (χ1) is 8.27. The van der Waals surface area contributed by atoms with Gasteiger partial charge in [-0.25, -0.2) is 4.79 Å². The van der Waals surface area contributed by atoms with Crippen molar-refractivity contribution in [3.63, 3.8) is 0 Å². The van der Waals surface area contributed by atoms with Crippen molar-refractivity contribution in [3.05, 3.63) is 0 Å². The molecule has 1 unspecified atom stereocenters. The molecule has 0 aromatic heterocycles. The van der Waals surface area contributed by atoms with Gasteiger partial charge in [-0.15, -0.1) is 0 Å². The second kappa shape index (κ2) is 6.12. The predicted octanol–water partition coefficient (Wildman–Crippen LogP) is -0.150. The highest BCUT2D eigenvalue weighted by atomic mass is 16.5. The largest absolute Gasteiger partial charge is 0.460 e. The number of carbonyl (C=O) groups excluding carboxylic acids is 2. The molecule has 0 spiro atoms. The topological polar surface area (TPSA) is 67.4 Å². The Morgan fingerprint density at radius 1 is 1.12 bits per heavy atom. The highest BCUT2D eigenvalue weighted by Gasteiger charge is 2.29. The summed E-state index contributed by atoms with van der Waals surface area (Å²) in [7, 11) is 0. The van der Waals surface area contributed by atoms with Gasteiger partial charge in [0.2, 0.25) is 0 Å². The van der Waals surface area contributed by atoms with E-state index in [-0.39, 0.29) is 6.04 Å². The summed E-state index contributed by atoms with van der Waals surface area (Å²) < 4.78 is 5.10. The number of nitrogens with one attached hydrogen (secondary N) is 2. The number of ketones is 1. The van der Waals surface area contributed by atoms with Gasteiger partial charge in [-0.3, -0.25) is 4.79 Å². The van der Waals surface area contributed by atoms with Gasteiger partial charge >= 0.3 is 5.97 Å². The van der Waals surface area contributed by atoms with E-state index in [1.165, 1.54) is 0 Å². The Labute approximate surface area is 101 Å². The molecule has 0 amide bonds. The Balaban J connectivity index is 1.70. The normalized spacial score (nSPS) is 25.8. The first-order valence-electron chi connectivity index (χ1n) is 6.42. The van der Waals surface area contributed by atoms with E-state index < -0.39 is 11.8 Å². The molecule has 0 radical (unpaired) electrons. The number of esters is 1. The zero-order chi connectivity index (χ0) is 12.1. The van der Waals surface area contributed by atoms with Crippen LogP contribution < -0.4 is 10.6 Å². The van der Waals surface area contributed by atoms with Crippen molar-refractivity contribution in [1.82, 2.24) is 10.6 Å². The van der Waals surface area contributed by atoms with E-state index in [1.54, 1.807) is 0 Å². The fourth-order valence-electron chi connectivity index (χ4n) is 2.36. The molecule has 2 rings (SSSR count). The van der Waals surface area contributed by atoms with Gasteiger partial charge in [-0.2, -0.15) is 0 Å². The maximum absolute atomic E-state index is 11.7. The number of carbonyl (C=O) groups is 2. The quantitative estimate of drug-likeness (QED) is 0.528. The van der Waals surface area contributed by atoms with Crippen LogP contribution in [0.3, 0.4) is 0 Å². The number of hydrogen-bond donors (Lipinski definition) is 2. The average molecular weight is 240 g/mol. The van der Waals surface area contributed by atoms with Crippen LogP contribution in [0.25, 0.3) is 0 Å². The van der Waals surface area contributed by atoms with Crippen molar-refractivity contribution in [2.45, 2.75) is 31.7 Å². The van der Waals surface area contributed by atoms with Crippen LogP contribution in [0.4, 0.5) is 0 Å². The standard InChI is InChI=1S/C12H20N2O3/c15-11(10-2-1-5-14-10)12(16)17-8-9-3-6-13-7-4-9/h9-10,13-14H,1-8H2. The third-order valence-electron chi connectivity index (χ3n) is 3.49. The third kappa shape index (κ3) is 3.51. The van der Waals surface area contributed by atoms with Crippen molar-refractivity contribution >= 4 is 11.8 Å². The van der Waals surface area contributed by atoms with E-state index in [0.29, 0.717) is 12.5 Å². The summed E-state index contributed by atoms with van der Waals surface area (Å²) in [6.07, 6.45) is 3.74. The lowest BCUT2D eigenvalue weighted by Crippen LogP contribution is -2.38. The van der Waals surface area contributed by atoms with Gasteiger partial charge in [0, 0.05) is 0 Å². The zero-order valence-electron chi connectivity index (χ0n) is 10.0. The molecule has 0 aromatic carbocycles. The van der Waals surface area contributed by atoms with Gasteiger partial charge in [0.15, 0.2) is 0 Å². The van der Waals surface area contributed by atoms with E-state index >= 15 is 0 Å². The van der Waals surface area contributed by atoms with E-state index in [4.69, 9.17) is 4.74 Å². The van der Waals surface area contributed by atoms with Crippen LogP contribution in [0, 0.1) is 5.92 Å². The molecule has 2 heterocycles. The van der Waals surface area contributed by atoms with E-state index in [1.807, 2.05) is 0 Å². The predicted molar refractivity (Wildman–Crippen MR) is 62.6 cm³/mol. The van der Waals surface area contributed by atoms with Gasteiger partial charge < -0.3 is 15.4 Å². The van der Waals surface area contributed by atoms with Gasteiger partial charge in [-0.1, -0.05) is 0 Å². The number of ether oxygens (including phenoxy) is 1. The van der Waals surface area contributed by atoms with Crippen LogP contribution in [0.2, 0.25) is 0 Å². The highest BCUT2D eigenvalue weighted by Crippen LogP contribution is 2.12. The van der Waals surface area contributed by atoms with Gasteiger partial charge in [0.1, 0.15) is 0 Å². The Morgan fingerprint density at radius 3 is 2.53 bits per heavy atom. The lowest BCUT2D eigenvalue weighted by atomic mass is 9.99. The number of hydrogen-bond acceptors (Lipinski definition) is 5. The molecule has 2 aliphatic heterocycles. The zero-order valence-corrected chi connectivity index (χ0v) is 10.0. The molecule has 0 saturated carbocycles. The van der Waals surface area contributed by atoms with Crippen LogP contribution in [0.15, 0.2) is 0 Å². The van der Waals surface area contributed by atoms with Crippen LogP contribution in [0.1, 0.15) is 25.7 Å². The Hall–Kier alpha value is -0.940. The summed E-state index contributed by atoms with van der Waals surface area (Å²) in [5.41, 5.74) is 0. The minimum absolute atomic E-state index is 0.310. The van der Waals surface area contributed by atoms with Crippen LogP contribution >= 0.6 is 0 Å².